The Balaban J connectivity index is 3.08. The molecule has 1 aromatic rings. The van der Waals surface area contributed by atoms with Gasteiger partial charge in [-0.25, -0.2) is 0 Å². The molecular weight excluding hydrogens is 172 g/mol. The number of benzene rings is 1. The van der Waals surface area contributed by atoms with E-state index >= 15 is 0 Å². The number of phenolic OH excluding ortho intramolecular Hbond substituents is 2. The maximum Gasteiger partial charge on any atom is 0.191 e. The highest BCUT2D eigenvalue weighted by Crippen LogP contribution is 2.21. The molecule has 0 amide bonds. The van der Waals surface area contributed by atoms with E-state index < -0.39 is 11.9 Å². The SMILES string of the molecule is CC(O)C(=O)c1cc(O)cc(O)c1. The molecule has 0 aliphatic carbocycles. The quantitative estimate of drug-likeness (QED) is 0.587. The van der Waals surface area contributed by atoms with E-state index in [1.54, 1.807) is 0 Å². The highest BCUT2D eigenvalue weighted by molar-refractivity contribution is 5.99. The Bertz CT molecular complexity index is 310. The van der Waals surface area contributed by atoms with Crippen molar-refractivity contribution >= 4 is 5.78 Å². The number of aliphatic hydroxyl groups excluding tert-OH is 1. The lowest BCUT2D eigenvalue weighted by Gasteiger charge is -2.04. The van der Waals surface area contributed by atoms with Crippen LogP contribution in [0.4, 0.5) is 0 Å². The second-order valence-electron chi connectivity index (χ2n) is 2.78. The van der Waals surface area contributed by atoms with E-state index in [0.29, 0.717) is 0 Å². The number of phenols is 2. The first-order chi connectivity index (χ1) is 6.00. The second kappa shape index (κ2) is 3.45. The second-order valence-corrected chi connectivity index (χ2v) is 2.78. The van der Waals surface area contributed by atoms with Crippen LogP contribution in [-0.4, -0.2) is 27.2 Å². The van der Waals surface area contributed by atoms with Crippen LogP contribution in [-0.2, 0) is 0 Å². The molecule has 4 heteroatoms. The first-order valence-electron chi connectivity index (χ1n) is 3.76. The molecule has 0 aromatic heterocycles. The number of carbonyl (C=O) groups is 1. The van der Waals surface area contributed by atoms with Gasteiger partial charge in [0.2, 0.25) is 0 Å². The fourth-order valence-corrected chi connectivity index (χ4v) is 0.979. The van der Waals surface area contributed by atoms with Crippen molar-refractivity contribution in [2.24, 2.45) is 0 Å². The predicted molar refractivity (Wildman–Crippen MR) is 45.8 cm³/mol. The summed E-state index contributed by atoms with van der Waals surface area (Å²) in [6, 6.07) is 3.49. The molecule has 0 fully saturated rings. The van der Waals surface area contributed by atoms with Crippen molar-refractivity contribution in [1.29, 1.82) is 0 Å². The molecule has 0 saturated carbocycles. The Morgan fingerprint density at radius 2 is 1.69 bits per heavy atom. The van der Waals surface area contributed by atoms with Crippen LogP contribution in [0.3, 0.4) is 0 Å². The molecule has 70 valence electrons. The zero-order chi connectivity index (χ0) is 10.0. The van der Waals surface area contributed by atoms with Crippen molar-refractivity contribution in [1.82, 2.24) is 0 Å². The number of aliphatic hydroxyl groups is 1. The molecule has 0 spiro atoms. The molecule has 1 aromatic carbocycles. The number of hydrogen-bond donors (Lipinski definition) is 3. The van der Waals surface area contributed by atoms with Crippen LogP contribution in [0.5, 0.6) is 11.5 Å². The number of ketones is 1. The van der Waals surface area contributed by atoms with Crippen molar-refractivity contribution in [3.63, 3.8) is 0 Å². The largest absolute Gasteiger partial charge is 0.508 e. The van der Waals surface area contributed by atoms with Gasteiger partial charge >= 0.3 is 0 Å². The molecule has 0 heterocycles. The molecule has 13 heavy (non-hydrogen) atoms. The molecule has 1 unspecified atom stereocenters. The number of aromatic hydroxyl groups is 2. The third-order valence-electron chi connectivity index (χ3n) is 1.57. The van der Waals surface area contributed by atoms with Gasteiger partial charge in [0.25, 0.3) is 0 Å². The minimum absolute atomic E-state index is 0.0903. The topological polar surface area (TPSA) is 77.8 Å². The van der Waals surface area contributed by atoms with Crippen LogP contribution in [0.25, 0.3) is 0 Å². The number of carbonyl (C=O) groups excluding carboxylic acids is 1. The summed E-state index contributed by atoms with van der Waals surface area (Å²) in [6.45, 7) is 1.32. The minimum atomic E-state index is -1.14. The average Bonchev–Trinajstić information content (AvgIpc) is 2.01. The van der Waals surface area contributed by atoms with Crippen molar-refractivity contribution in [2.45, 2.75) is 13.0 Å². The Morgan fingerprint density at radius 1 is 1.23 bits per heavy atom. The highest BCUT2D eigenvalue weighted by atomic mass is 16.3. The van der Waals surface area contributed by atoms with Crippen molar-refractivity contribution in [3.05, 3.63) is 23.8 Å². The standard InChI is InChI=1S/C9H10O4/c1-5(10)9(13)6-2-7(11)4-8(12)3-6/h2-5,10-12H,1H3. The lowest BCUT2D eigenvalue weighted by atomic mass is 10.1. The Morgan fingerprint density at radius 3 is 2.08 bits per heavy atom. The molecule has 0 radical (unpaired) electrons. The lowest BCUT2D eigenvalue weighted by Crippen LogP contribution is -2.15. The first-order valence-corrected chi connectivity index (χ1v) is 3.76. The van der Waals surface area contributed by atoms with Gasteiger partial charge in [-0.3, -0.25) is 4.79 Å². The zero-order valence-electron chi connectivity index (χ0n) is 7.06. The maximum absolute atomic E-state index is 11.2. The smallest absolute Gasteiger partial charge is 0.191 e. The van der Waals surface area contributed by atoms with Gasteiger partial charge in [-0.1, -0.05) is 0 Å². The molecule has 1 rings (SSSR count). The Hall–Kier alpha value is -1.55. The summed E-state index contributed by atoms with van der Waals surface area (Å²) < 4.78 is 0. The fraction of sp³-hybridized carbons (Fsp3) is 0.222. The summed E-state index contributed by atoms with van der Waals surface area (Å²) in [4.78, 5) is 11.2. The number of rotatable bonds is 2. The van der Waals surface area contributed by atoms with Gasteiger partial charge in [-0.15, -0.1) is 0 Å². The van der Waals surface area contributed by atoms with Crippen LogP contribution < -0.4 is 0 Å². The van der Waals surface area contributed by atoms with Crippen LogP contribution in [0.1, 0.15) is 17.3 Å². The summed E-state index contributed by atoms with van der Waals surface area (Å²) in [5.41, 5.74) is 0.0903. The number of hydrogen-bond acceptors (Lipinski definition) is 4. The molecular formula is C9H10O4. The van der Waals surface area contributed by atoms with Gasteiger partial charge in [-0.05, 0) is 19.1 Å². The predicted octanol–water partition coefficient (Wildman–Crippen LogP) is 0.661. The highest BCUT2D eigenvalue weighted by Gasteiger charge is 2.13. The van der Waals surface area contributed by atoms with Gasteiger partial charge < -0.3 is 15.3 Å². The Labute approximate surface area is 75.1 Å². The lowest BCUT2D eigenvalue weighted by molar-refractivity contribution is 0.0779. The molecule has 0 aliphatic rings. The van der Waals surface area contributed by atoms with E-state index in [4.69, 9.17) is 15.3 Å². The van der Waals surface area contributed by atoms with Gasteiger partial charge in [0, 0.05) is 11.6 Å². The minimum Gasteiger partial charge on any atom is -0.508 e. The molecule has 4 nitrogen and oxygen atoms in total. The zero-order valence-corrected chi connectivity index (χ0v) is 7.06. The van der Waals surface area contributed by atoms with Crippen LogP contribution >= 0.6 is 0 Å². The third kappa shape index (κ3) is 2.19. The van der Waals surface area contributed by atoms with E-state index in [2.05, 4.69) is 0 Å². The monoisotopic (exact) mass is 182 g/mol. The van der Waals surface area contributed by atoms with Crippen LogP contribution in [0.2, 0.25) is 0 Å². The van der Waals surface area contributed by atoms with Gasteiger partial charge in [0.05, 0.1) is 0 Å². The summed E-state index contributed by atoms with van der Waals surface area (Å²) in [6.07, 6.45) is -1.14. The summed E-state index contributed by atoms with van der Waals surface area (Å²) >= 11 is 0. The maximum atomic E-state index is 11.2. The van der Waals surface area contributed by atoms with Crippen molar-refractivity contribution in [2.75, 3.05) is 0 Å². The van der Waals surface area contributed by atoms with Gasteiger partial charge in [-0.2, -0.15) is 0 Å². The van der Waals surface area contributed by atoms with E-state index in [-0.39, 0.29) is 17.1 Å². The molecule has 0 bridgehead atoms. The van der Waals surface area contributed by atoms with Crippen LogP contribution in [0.15, 0.2) is 18.2 Å². The van der Waals surface area contributed by atoms with Crippen LogP contribution in [0, 0.1) is 0 Å². The van der Waals surface area contributed by atoms with E-state index in [0.717, 1.165) is 6.07 Å². The fourth-order valence-electron chi connectivity index (χ4n) is 0.979. The summed E-state index contributed by atoms with van der Waals surface area (Å²) in [5.74, 6) is -0.945. The Kier molecular flexibility index (Phi) is 2.53. The molecule has 0 saturated heterocycles. The first kappa shape index (κ1) is 9.54. The van der Waals surface area contributed by atoms with E-state index in [1.807, 2.05) is 0 Å². The summed E-state index contributed by atoms with van der Waals surface area (Å²) in [7, 11) is 0. The average molecular weight is 182 g/mol. The van der Waals surface area contributed by atoms with E-state index in [9.17, 15) is 4.79 Å². The molecule has 3 N–H and O–H groups in total. The normalized spacial score (nSPS) is 12.5. The van der Waals surface area contributed by atoms with Crippen molar-refractivity contribution < 1.29 is 20.1 Å². The third-order valence-corrected chi connectivity index (χ3v) is 1.57. The summed E-state index contributed by atoms with van der Waals surface area (Å²) in [5, 5.41) is 27.0. The molecule has 1 atom stereocenters. The van der Waals surface area contributed by atoms with E-state index in [1.165, 1.54) is 19.1 Å². The number of Topliss-reactive ketones (excluding diaryl/α,β-unsaturated/α-hetero) is 1. The van der Waals surface area contributed by atoms with Gasteiger partial charge in [0.1, 0.15) is 17.6 Å². The van der Waals surface area contributed by atoms with Crippen molar-refractivity contribution in [3.8, 4) is 11.5 Å². The van der Waals surface area contributed by atoms with Gasteiger partial charge in [0.15, 0.2) is 5.78 Å². The molecule has 0 aliphatic heterocycles.